The second-order valence-electron chi connectivity index (χ2n) is 8.87. The molecule has 2 amide bonds. The summed E-state index contributed by atoms with van der Waals surface area (Å²) in [6.07, 6.45) is 1.68. The highest BCUT2D eigenvalue weighted by Crippen LogP contribution is 2.34. The molecule has 5 rings (SSSR count). The van der Waals surface area contributed by atoms with E-state index in [0.717, 1.165) is 28.9 Å². The Hall–Kier alpha value is -4.28. The van der Waals surface area contributed by atoms with Crippen molar-refractivity contribution >= 4 is 23.6 Å². The lowest BCUT2D eigenvalue weighted by atomic mass is 9.92. The van der Waals surface area contributed by atoms with Crippen LogP contribution >= 0.6 is 11.6 Å². The first kappa shape index (κ1) is 24.4. The first-order valence-electron chi connectivity index (χ1n) is 12.0. The first-order valence-corrected chi connectivity index (χ1v) is 12.4. The van der Waals surface area contributed by atoms with Gasteiger partial charge in [-0.1, -0.05) is 48.0 Å². The summed E-state index contributed by atoms with van der Waals surface area (Å²) in [6.45, 7) is 0.599. The number of benzene rings is 3. The smallest absolute Gasteiger partial charge is 0.338 e. The van der Waals surface area contributed by atoms with Crippen LogP contribution in [-0.4, -0.2) is 18.6 Å². The zero-order valence-electron chi connectivity index (χ0n) is 19.9. The third-order valence-corrected chi connectivity index (χ3v) is 6.82. The van der Waals surface area contributed by atoms with Gasteiger partial charge in [-0.2, -0.15) is 5.26 Å². The molecule has 0 aliphatic carbocycles. The van der Waals surface area contributed by atoms with E-state index >= 15 is 0 Å². The molecule has 0 aromatic heterocycles. The van der Waals surface area contributed by atoms with Crippen LogP contribution in [0.25, 0.3) is 0 Å². The van der Waals surface area contributed by atoms with E-state index in [2.05, 4.69) is 16.7 Å². The Morgan fingerprint density at radius 1 is 1.11 bits per heavy atom. The summed E-state index contributed by atoms with van der Waals surface area (Å²) < 4.78 is 11.3. The van der Waals surface area contributed by atoms with Gasteiger partial charge >= 0.3 is 12.0 Å². The summed E-state index contributed by atoms with van der Waals surface area (Å²) in [5.74, 6) is 0.263. The molecule has 3 aromatic rings. The average Bonchev–Trinajstić information content (AvgIpc) is 3.39. The third kappa shape index (κ3) is 5.45. The summed E-state index contributed by atoms with van der Waals surface area (Å²) in [6, 6.07) is 21.1. The van der Waals surface area contributed by atoms with Crippen molar-refractivity contribution in [2.75, 3.05) is 6.61 Å². The quantitative estimate of drug-likeness (QED) is 0.426. The van der Waals surface area contributed by atoms with Crippen LogP contribution in [-0.2, 0) is 29.0 Å². The standard InChI is InChI=1S/C29H24ClN3O4/c30-23-7-2-1-6-20(23)8-10-24-26(28(34)37-17-19-5-3-4-18(14-19)16-31)27(33-29(35)32-24)22-9-11-25-21(15-22)12-13-36-25/h1-7,9,11,14-15,27H,8,10,12-13,17H2,(H2,32,33,35). The maximum Gasteiger partial charge on any atom is 0.338 e. The van der Waals surface area contributed by atoms with Crippen molar-refractivity contribution in [1.29, 1.82) is 5.26 Å². The van der Waals surface area contributed by atoms with Gasteiger partial charge in [0, 0.05) is 17.1 Å². The van der Waals surface area contributed by atoms with E-state index in [1.165, 1.54) is 0 Å². The molecule has 0 saturated heterocycles. The normalized spacial score (nSPS) is 16.2. The predicted molar refractivity (Wildman–Crippen MR) is 138 cm³/mol. The third-order valence-electron chi connectivity index (χ3n) is 6.45. The number of urea groups is 1. The lowest BCUT2D eigenvalue weighted by molar-refractivity contribution is -0.140. The van der Waals surface area contributed by atoms with E-state index < -0.39 is 18.0 Å². The zero-order valence-corrected chi connectivity index (χ0v) is 20.7. The molecule has 0 spiro atoms. The fourth-order valence-electron chi connectivity index (χ4n) is 4.61. The largest absolute Gasteiger partial charge is 0.493 e. The van der Waals surface area contributed by atoms with Crippen LogP contribution in [0.15, 0.2) is 78.0 Å². The first-order chi connectivity index (χ1) is 18.0. The number of rotatable bonds is 7. The molecular formula is C29H24ClN3O4. The van der Waals surface area contributed by atoms with Crippen molar-refractivity contribution < 1.29 is 19.1 Å². The summed E-state index contributed by atoms with van der Waals surface area (Å²) in [5.41, 5.74) is 4.72. The van der Waals surface area contributed by atoms with Gasteiger partial charge in [-0.05, 0) is 65.4 Å². The number of carbonyl (C=O) groups excluding carboxylic acids is 2. The van der Waals surface area contributed by atoms with Crippen molar-refractivity contribution in [1.82, 2.24) is 10.6 Å². The van der Waals surface area contributed by atoms with E-state index in [9.17, 15) is 14.9 Å². The van der Waals surface area contributed by atoms with Gasteiger partial charge in [0.2, 0.25) is 0 Å². The van der Waals surface area contributed by atoms with Gasteiger partial charge in [0.05, 0.1) is 29.9 Å². The molecule has 7 nitrogen and oxygen atoms in total. The monoisotopic (exact) mass is 513 g/mol. The number of hydrogen-bond donors (Lipinski definition) is 2. The SMILES string of the molecule is N#Cc1cccc(COC(=O)C2=C(CCc3ccccc3Cl)NC(=O)NC2c2ccc3c(c2)CCO3)c1. The van der Waals surface area contributed by atoms with E-state index in [0.29, 0.717) is 46.9 Å². The lowest BCUT2D eigenvalue weighted by Gasteiger charge is -2.30. The summed E-state index contributed by atoms with van der Waals surface area (Å²) in [7, 11) is 0. The number of nitrogens with one attached hydrogen (secondary N) is 2. The Kier molecular flexibility index (Phi) is 7.11. The van der Waals surface area contributed by atoms with Gasteiger partial charge in [0.15, 0.2) is 0 Å². The zero-order chi connectivity index (χ0) is 25.8. The highest BCUT2D eigenvalue weighted by Gasteiger charge is 2.34. The Balaban J connectivity index is 1.48. The topological polar surface area (TPSA) is 100 Å². The van der Waals surface area contributed by atoms with E-state index in [1.807, 2.05) is 42.5 Å². The number of fused-ring (bicyclic) bond motifs is 1. The van der Waals surface area contributed by atoms with Crippen molar-refractivity contribution in [3.63, 3.8) is 0 Å². The number of nitriles is 1. The molecule has 1 unspecified atom stereocenters. The van der Waals surface area contributed by atoms with Gasteiger partial charge in [0.1, 0.15) is 12.4 Å². The van der Waals surface area contributed by atoms with Crippen LogP contribution < -0.4 is 15.4 Å². The molecule has 8 heteroatoms. The summed E-state index contributed by atoms with van der Waals surface area (Å²) in [5, 5.41) is 15.5. The minimum Gasteiger partial charge on any atom is -0.493 e. The molecule has 2 heterocycles. The molecule has 0 bridgehead atoms. The van der Waals surface area contributed by atoms with Crippen molar-refractivity contribution in [2.45, 2.75) is 31.9 Å². The average molecular weight is 514 g/mol. The fraction of sp³-hybridized carbons (Fsp3) is 0.207. The molecule has 2 aliphatic rings. The molecule has 0 saturated carbocycles. The van der Waals surface area contributed by atoms with Gasteiger partial charge in [-0.15, -0.1) is 0 Å². The second kappa shape index (κ2) is 10.8. The van der Waals surface area contributed by atoms with Gasteiger partial charge in [0.25, 0.3) is 0 Å². The number of nitrogens with zero attached hydrogens (tertiary/aromatic N) is 1. The molecule has 2 N–H and O–H groups in total. The number of esters is 1. The number of hydrogen-bond acceptors (Lipinski definition) is 5. The van der Waals surface area contributed by atoms with Crippen LogP contribution in [0.2, 0.25) is 5.02 Å². The number of aryl methyl sites for hydroxylation is 1. The van der Waals surface area contributed by atoms with Crippen molar-refractivity contribution in [2.24, 2.45) is 0 Å². The molecule has 3 aromatic carbocycles. The molecule has 0 fully saturated rings. The molecule has 186 valence electrons. The molecule has 0 radical (unpaired) electrons. The van der Waals surface area contributed by atoms with Crippen LogP contribution in [0, 0.1) is 11.3 Å². The molecular weight excluding hydrogens is 490 g/mol. The van der Waals surface area contributed by atoms with Crippen LogP contribution in [0.3, 0.4) is 0 Å². The Morgan fingerprint density at radius 3 is 2.81 bits per heavy atom. The Morgan fingerprint density at radius 2 is 1.97 bits per heavy atom. The van der Waals surface area contributed by atoms with Crippen molar-refractivity contribution in [3.05, 3.63) is 111 Å². The van der Waals surface area contributed by atoms with E-state index in [4.69, 9.17) is 21.1 Å². The maximum atomic E-state index is 13.6. The van der Waals surface area contributed by atoms with Gasteiger partial charge in [-0.3, -0.25) is 0 Å². The minimum atomic E-state index is -0.696. The Labute approximate surface area is 219 Å². The Bertz CT molecular complexity index is 1440. The van der Waals surface area contributed by atoms with Crippen molar-refractivity contribution in [3.8, 4) is 11.8 Å². The highest BCUT2D eigenvalue weighted by atomic mass is 35.5. The van der Waals surface area contributed by atoms with Crippen LogP contribution in [0.1, 0.15) is 40.3 Å². The van der Waals surface area contributed by atoms with Gasteiger partial charge in [-0.25, -0.2) is 9.59 Å². The number of halogens is 1. The van der Waals surface area contributed by atoms with Crippen LogP contribution in [0.4, 0.5) is 4.79 Å². The van der Waals surface area contributed by atoms with E-state index in [-0.39, 0.29) is 6.61 Å². The van der Waals surface area contributed by atoms with Crippen LogP contribution in [0.5, 0.6) is 5.75 Å². The van der Waals surface area contributed by atoms with Gasteiger partial charge < -0.3 is 20.1 Å². The minimum absolute atomic E-state index is 0.00561. The molecule has 2 aliphatic heterocycles. The number of amides is 2. The molecule has 37 heavy (non-hydrogen) atoms. The highest BCUT2D eigenvalue weighted by molar-refractivity contribution is 6.31. The second-order valence-corrected chi connectivity index (χ2v) is 9.28. The number of allylic oxidation sites excluding steroid dienone is 1. The number of ether oxygens (including phenoxy) is 2. The predicted octanol–water partition coefficient (Wildman–Crippen LogP) is 5.13. The maximum absolute atomic E-state index is 13.6. The summed E-state index contributed by atoms with van der Waals surface area (Å²) in [4.78, 5) is 26.2. The fourth-order valence-corrected chi connectivity index (χ4v) is 4.84. The number of carbonyl (C=O) groups is 2. The lowest BCUT2D eigenvalue weighted by Crippen LogP contribution is -2.46. The summed E-state index contributed by atoms with van der Waals surface area (Å²) >= 11 is 6.35. The molecule has 1 atom stereocenters. The van der Waals surface area contributed by atoms with E-state index in [1.54, 1.807) is 24.3 Å².